The summed E-state index contributed by atoms with van der Waals surface area (Å²) in [6, 6.07) is 5.39. The third-order valence-electron chi connectivity index (χ3n) is 2.79. The average Bonchev–Trinajstić information content (AvgIpc) is 2.86. The van der Waals surface area contributed by atoms with Crippen LogP contribution in [0.15, 0.2) is 18.2 Å². The Morgan fingerprint density at radius 3 is 2.90 bits per heavy atom. The molecule has 0 saturated heterocycles. The number of nitrogens with one attached hydrogen (secondary N) is 1. The summed E-state index contributed by atoms with van der Waals surface area (Å²) < 4.78 is 4.02. The Bertz CT molecular complexity index is 713. The van der Waals surface area contributed by atoms with Crippen LogP contribution in [0, 0.1) is 25.7 Å². The Morgan fingerprint density at radius 1 is 1.43 bits per heavy atom. The van der Waals surface area contributed by atoms with Gasteiger partial charge >= 0.3 is 0 Å². The van der Waals surface area contributed by atoms with Gasteiger partial charge in [0.25, 0.3) is 5.91 Å². The Balaban J connectivity index is 2.22. The minimum atomic E-state index is -0.227. The summed E-state index contributed by atoms with van der Waals surface area (Å²) in [5.41, 5.74) is 2.14. The van der Waals surface area contributed by atoms with Gasteiger partial charge in [-0.2, -0.15) is 4.37 Å². The van der Waals surface area contributed by atoms with Crippen molar-refractivity contribution in [2.75, 3.05) is 11.9 Å². The van der Waals surface area contributed by atoms with E-state index in [1.165, 1.54) is 0 Å². The number of aromatic nitrogens is 2. The zero-order valence-corrected chi connectivity index (χ0v) is 12.6. The number of aryl methyl sites for hydroxylation is 1. The van der Waals surface area contributed by atoms with Crippen molar-refractivity contribution in [3.63, 3.8) is 0 Å². The lowest BCUT2D eigenvalue weighted by atomic mass is 10.0. The van der Waals surface area contributed by atoms with Crippen LogP contribution in [0.25, 0.3) is 0 Å². The topological polar surface area (TPSA) is 75.1 Å². The standard InChI is InChI=1S/C15H15N3O2S/c1-10-12(6-3-4-9-19)7-5-8-13(10)14(20)17-15-16-11(2)18-21-15/h5,7-8,19H,4,9H2,1-2H3,(H,16,17,18,20). The minimum absolute atomic E-state index is 0.0304. The van der Waals surface area contributed by atoms with E-state index in [1.54, 1.807) is 19.1 Å². The highest BCUT2D eigenvalue weighted by Crippen LogP contribution is 2.16. The van der Waals surface area contributed by atoms with Crippen molar-refractivity contribution in [2.24, 2.45) is 0 Å². The fourth-order valence-electron chi connectivity index (χ4n) is 1.74. The molecule has 2 aromatic rings. The molecule has 0 aliphatic carbocycles. The van der Waals surface area contributed by atoms with E-state index in [-0.39, 0.29) is 12.5 Å². The van der Waals surface area contributed by atoms with Crippen LogP contribution in [-0.4, -0.2) is 27.0 Å². The second-order valence-electron chi connectivity index (χ2n) is 4.35. The van der Waals surface area contributed by atoms with E-state index >= 15 is 0 Å². The van der Waals surface area contributed by atoms with E-state index < -0.39 is 0 Å². The lowest BCUT2D eigenvalue weighted by Gasteiger charge is -2.06. The molecule has 0 aliphatic rings. The monoisotopic (exact) mass is 301 g/mol. The molecule has 0 fully saturated rings. The first-order valence-corrected chi connectivity index (χ1v) is 7.20. The smallest absolute Gasteiger partial charge is 0.257 e. The van der Waals surface area contributed by atoms with Gasteiger partial charge in [-0.15, -0.1) is 0 Å². The quantitative estimate of drug-likeness (QED) is 0.852. The van der Waals surface area contributed by atoms with E-state index in [0.29, 0.717) is 22.9 Å². The van der Waals surface area contributed by atoms with Gasteiger partial charge in [-0.25, -0.2) is 4.98 Å². The van der Waals surface area contributed by atoms with E-state index in [0.717, 1.165) is 22.7 Å². The number of anilines is 1. The first-order chi connectivity index (χ1) is 10.1. The van der Waals surface area contributed by atoms with Crippen LogP contribution in [0.2, 0.25) is 0 Å². The number of carbonyl (C=O) groups is 1. The molecule has 0 unspecified atom stereocenters. The molecule has 0 saturated carbocycles. The summed E-state index contributed by atoms with van der Waals surface area (Å²) in [6.45, 7) is 3.65. The number of hydrogen-bond acceptors (Lipinski definition) is 5. The van der Waals surface area contributed by atoms with Crippen LogP contribution in [0.3, 0.4) is 0 Å². The first-order valence-electron chi connectivity index (χ1n) is 6.43. The van der Waals surface area contributed by atoms with Crippen molar-refractivity contribution in [2.45, 2.75) is 20.3 Å². The van der Waals surface area contributed by atoms with E-state index in [2.05, 4.69) is 26.5 Å². The number of aliphatic hydroxyl groups excluding tert-OH is 1. The second-order valence-corrected chi connectivity index (χ2v) is 5.11. The lowest BCUT2D eigenvalue weighted by Crippen LogP contribution is -2.13. The van der Waals surface area contributed by atoms with Crippen LogP contribution in [-0.2, 0) is 0 Å². The van der Waals surface area contributed by atoms with Gasteiger partial charge in [0.15, 0.2) is 0 Å². The van der Waals surface area contributed by atoms with Gasteiger partial charge in [0.1, 0.15) is 5.82 Å². The number of hydrogen-bond donors (Lipinski definition) is 2. The lowest BCUT2D eigenvalue weighted by molar-refractivity contribution is 0.102. The largest absolute Gasteiger partial charge is 0.395 e. The maximum atomic E-state index is 12.3. The molecule has 1 aromatic carbocycles. The zero-order chi connectivity index (χ0) is 15.2. The molecule has 0 atom stereocenters. The number of rotatable bonds is 3. The average molecular weight is 301 g/mol. The summed E-state index contributed by atoms with van der Waals surface area (Å²) >= 11 is 1.15. The van der Waals surface area contributed by atoms with E-state index in [4.69, 9.17) is 5.11 Å². The van der Waals surface area contributed by atoms with Crippen molar-refractivity contribution in [3.8, 4) is 11.8 Å². The number of aliphatic hydroxyl groups is 1. The summed E-state index contributed by atoms with van der Waals surface area (Å²) in [5.74, 6) is 6.23. The highest BCUT2D eigenvalue weighted by Gasteiger charge is 2.12. The third kappa shape index (κ3) is 3.88. The van der Waals surface area contributed by atoms with E-state index in [9.17, 15) is 4.79 Å². The first kappa shape index (κ1) is 15.2. The molecule has 1 aromatic heterocycles. The van der Waals surface area contributed by atoms with E-state index in [1.807, 2.05) is 13.0 Å². The molecule has 108 valence electrons. The Kier molecular flexibility index (Phi) is 5.04. The number of amides is 1. The van der Waals surface area contributed by atoms with Crippen LogP contribution in [0.5, 0.6) is 0 Å². The van der Waals surface area contributed by atoms with Crippen LogP contribution in [0.4, 0.5) is 5.13 Å². The molecular formula is C15H15N3O2S. The molecule has 5 nitrogen and oxygen atoms in total. The molecule has 2 rings (SSSR count). The third-order valence-corrected chi connectivity index (χ3v) is 3.51. The SMILES string of the molecule is Cc1nsc(NC(=O)c2cccc(C#CCCO)c2C)n1. The zero-order valence-electron chi connectivity index (χ0n) is 11.8. The number of carbonyl (C=O) groups excluding carboxylic acids is 1. The molecule has 1 heterocycles. The predicted octanol–water partition coefficient (Wildman–Crippen LogP) is 2.14. The van der Waals surface area contributed by atoms with Crippen LogP contribution in [0.1, 0.15) is 33.7 Å². The molecule has 1 amide bonds. The van der Waals surface area contributed by atoms with Gasteiger partial charge in [-0.3, -0.25) is 10.1 Å². The van der Waals surface area contributed by atoms with Gasteiger partial charge < -0.3 is 5.11 Å². The fourth-order valence-corrected chi connectivity index (χ4v) is 2.31. The van der Waals surface area contributed by atoms with Crippen LogP contribution < -0.4 is 5.32 Å². The van der Waals surface area contributed by atoms with Crippen molar-refractivity contribution in [1.29, 1.82) is 0 Å². The molecule has 0 spiro atoms. The Hall–Kier alpha value is -2.23. The number of benzene rings is 1. The Labute approximate surface area is 127 Å². The minimum Gasteiger partial charge on any atom is -0.395 e. The summed E-state index contributed by atoms with van der Waals surface area (Å²) in [7, 11) is 0. The molecule has 21 heavy (non-hydrogen) atoms. The normalized spacial score (nSPS) is 9.86. The molecule has 6 heteroatoms. The maximum absolute atomic E-state index is 12.3. The van der Waals surface area contributed by atoms with Crippen molar-refractivity contribution in [1.82, 2.24) is 9.36 Å². The molecule has 0 aliphatic heterocycles. The fraction of sp³-hybridized carbons (Fsp3) is 0.267. The van der Waals surface area contributed by atoms with Gasteiger partial charge in [0, 0.05) is 29.1 Å². The summed E-state index contributed by atoms with van der Waals surface area (Å²) in [6.07, 6.45) is 0.417. The second kappa shape index (κ2) is 6.97. The maximum Gasteiger partial charge on any atom is 0.257 e. The molecule has 0 bridgehead atoms. The van der Waals surface area contributed by atoms with Gasteiger partial charge in [-0.05, 0) is 31.5 Å². The predicted molar refractivity (Wildman–Crippen MR) is 82.4 cm³/mol. The van der Waals surface area contributed by atoms with Crippen molar-refractivity contribution >= 4 is 22.6 Å². The highest BCUT2D eigenvalue weighted by atomic mass is 32.1. The van der Waals surface area contributed by atoms with Crippen molar-refractivity contribution < 1.29 is 9.90 Å². The van der Waals surface area contributed by atoms with Gasteiger partial charge in [0.2, 0.25) is 5.13 Å². The summed E-state index contributed by atoms with van der Waals surface area (Å²) in [4.78, 5) is 16.4. The summed E-state index contributed by atoms with van der Waals surface area (Å²) in [5, 5.41) is 12.0. The Morgan fingerprint density at radius 2 is 2.24 bits per heavy atom. The highest BCUT2D eigenvalue weighted by molar-refractivity contribution is 7.09. The number of nitrogens with zero attached hydrogens (tertiary/aromatic N) is 2. The van der Waals surface area contributed by atoms with Crippen molar-refractivity contribution in [3.05, 3.63) is 40.7 Å². The van der Waals surface area contributed by atoms with Gasteiger partial charge in [0.05, 0.1) is 6.61 Å². The van der Waals surface area contributed by atoms with Gasteiger partial charge in [-0.1, -0.05) is 17.9 Å². The molecule has 0 radical (unpaired) electrons. The van der Waals surface area contributed by atoms with Crippen LogP contribution >= 0.6 is 11.5 Å². The molecule has 2 N–H and O–H groups in total. The molecular weight excluding hydrogens is 286 g/mol.